The monoisotopic (exact) mass is 540 g/mol. The van der Waals surface area contributed by atoms with Crippen molar-refractivity contribution in [3.63, 3.8) is 0 Å². The first kappa shape index (κ1) is 28.7. The summed E-state index contributed by atoms with van der Waals surface area (Å²) in [4.78, 5) is 13.7. The van der Waals surface area contributed by atoms with Gasteiger partial charge in [-0.2, -0.15) is 0 Å². The summed E-state index contributed by atoms with van der Waals surface area (Å²) in [6, 6.07) is 14.6. The van der Waals surface area contributed by atoms with Crippen LogP contribution in [-0.2, 0) is 20.0 Å². The van der Waals surface area contributed by atoms with E-state index in [1.165, 1.54) is 25.7 Å². The maximum Gasteiger partial charge on any atom is 0.178 e. The number of rotatable bonds is 10. The smallest absolute Gasteiger partial charge is 0.178 e. The average molecular weight is 541 g/mol. The van der Waals surface area contributed by atoms with Crippen LogP contribution < -0.4 is 9.47 Å². The van der Waals surface area contributed by atoms with E-state index in [-0.39, 0.29) is 17.5 Å². The number of carbonyl (C=O) groups is 1. The summed E-state index contributed by atoms with van der Waals surface area (Å²) in [5.41, 5.74) is 0.800. The van der Waals surface area contributed by atoms with Gasteiger partial charge < -0.3 is 9.47 Å². The Kier molecular flexibility index (Phi) is 8.91. The molecule has 6 heteroatoms. The summed E-state index contributed by atoms with van der Waals surface area (Å²) in [7, 11) is -0.0725. The molecule has 0 radical (unpaired) electrons. The van der Waals surface area contributed by atoms with Crippen LogP contribution in [0.5, 0.6) is 11.5 Å². The highest BCUT2D eigenvalue weighted by Crippen LogP contribution is 2.52. The second kappa shape index (κ2) is 11.8. The first-order valence-electron chi connectivity index (χ1n) is 14.1. The summed E-state index contributed by atoms with van der Waals surface area (Å²) >= 11 is 0. The van der Waals surface area contributed by atoms with Crippen molar-refractivity contribution in [1.29, 1.82) is 0 Å². The highest BCUT2D eigenvalue weighted by molar-refractivity contribution is 7.91. The number of hydrogen-bond donors (Lipinski definition) is 0. The first-order valence-corrected chi connectivity index (χ1v) is 15.8. The molecule has 0 bridgehead atoms. The summed E-state index contributed by atoms with van der Waals surface area (Å²) in [6.07, 6.45) is 10.5. The van der Waals surface area contributed by atoms with Crippen molar-refractivity contribution >= 4 is 15.6 Å². The Labute approximate surface area is 229 Å². The quantitative estimate of drug-likeness (QED) is 0.319. The Balaban J connectivity index is 1.29. The van der Waals surface area contributed by atoms with Crippen molar-refractivity contribution < 1.29 is 22.7 Å². The third-order valence-corrected chi connectivity index (χ3v) is 11.2. The van der Waals surface area contributed by atoms with Gasteiger partial charge in [0.25, 0.3) is 0 Å². The Morgan fingerprint density at radius 2 is 1.61 bits per heavy atom. The van der Waals surface area contributed by atoms with E-state index in [2.05, 4.69) is 0 Å². The number of ether oxygens (including phenoxy) is 2. The van der Waals surface area contributed by atoms with Crippen LogP contribution in [-0.4, -0.2) is 34.2 Å². The van der Waals surface area contributed by atoms with Gasteiger partial charge in [-0.3, -0.25) is 4.79 Å². The van der Waals surface area contributed by atoms with Crippen LogP contribution in [0.3, 0.4) is 0 Å². The predicted octanol–water partition coefficient (Wildman–Crippen LogP) is 7.17. The molecule has 0 aromatic heterocycles. The largest absolute Gasteiger partial charge is 0.497 e. The van der Waals surface area contributed by atoms with Gasteiger partial charge in [-0.15, -0.1) is 0 Å². The fraction of sp³-hybridized carbons (Fsp3) is 0.594. The number of hydrogen-bond acceptors (Lipinski definition) is 5. The van der Waals surface area contributed by atoms with Crippen LogP contribution in [0.15, 0.2) is 53.4 Å². The van der Waals surface area contributed by atoms with E-state index in [4.69, 9.17) is 9.47 Å². The number of benzene rings is 2. The van der Waals surface area contributed by atoms with E-state index < -0.39 is 15.3 Å². The zero-order valence-electron chi connectivity index (χ0n) is 23.5. The number of carbonyl (C=O) groups excluding carboxylic acids is 1. The standard InChI is InChI=1S/C32H44O5S/c1-31(2,26-8-5-9-28(21-26)37-4)30(33)15-10-24-16-19-32(22-24)18-6-7-25(17-20-32)23-38(34,35)29-13-11-27(36-3)12-14-29/h5,8-9,11-14,21,24-25H,6-7,10,15-20,22-23H2,1-4H3. The highest BCUT2D eigenvalue weighted by Gasteiger charge is 2.41. The minimum Gasteiger partial charge on any atom is -0.497 e. The molecule has 2 aliphatic rings. The molecule has 2 saturated carbocycles. The van der Waals surface area contributed by atoms with Crippen molar-refractivity contribution in [2.24, 2.45) is 17.3 Å². The van der Waals surface area contributed by atoms with Crippen molar-refractivity contribution in [2.75, 3.05) is 20.0 Å². The van der Waals surface area contributed by atoms with Gasteiger partial charge in [0.15, 0.2) is 9.84 Å². The second-order valence-corrected chi connectivity index (χ2v) is 14.2. The van der Waals surface area contributed by atoms with Gasteiger partial charge >= 0.3 is 0 Å². The highest BCUT2D eigenvalue weighted by atomic mass is 32.2. The van der Waals surface area contributed by atoms with E-state index in [1.807, 2.05) is 38.1 Å². The van der Waals surface area contributed by atoms with Crippen LogP contribution >= 0.6 is 0 Å². The number of ketones is 1. The lowest BCUT2D eigenvalue weighted by molar-refractivity contribution is -0.123. The average Bonchev–Trinajstić information content (AvgIpc) is 3.22. The molecule has 3 atom stereocenters. The zero-order chi connectivity index (χ0) is 27.4. The van der Waals surface area contributed by atoms with Crippen molar-refractivity contribution in [1.82, 2.24) is 0 Å². The summed E-state index contributed by atoms with van der Waals surface area (Å²) in [5.74, 6) is 2.76. The van der Waals surface area contributed by atoms with Gasteiger partial charge in [0.2, 0.25) is 0 Å². The first-order chi connectivity index (χ1) is 18.1. The fourth-order valence-electron chi connectivity index (χ4n) is 6.75. The van der Waals surface area contributed by atoms with Gasteiger partial charge in [-0.1, -0.05) is 18.6 Å². The Bertz CT molecular complexity index is 1200. The normalized spacial score (nSPS) is 24.2. The van der Waals surface area contributed by atoms with Crippen LogP contribution in [0.1, 0.15) is 83.6 Å². The van der Waals surface area contributed by atoms with Crippen LogP contribution in [0, 0.1) is 17.3 Å². The van der Waals surface area contributed by atoms with Crippen molar-refractivity contribution in [3.05, 3.63) is 54.1 Å². The number of sulfone groups is 1. The lowest BCUT2D eigenvalue weighted by Crippen LogP contribution is -2.29. The fourth-order valence-corrected chi connectivity index (χ4v) is 8.45. The third kappa shape index (κ3) is 6.62. The van der Waals surface area contributed by atoms with E-state index in [0.29, 0.717) is 28.4 Å². The molecule has 5 nitrogen and oxygen atoms in total. The molecule has 0 amide bonds. The zero-order valence-corrected chi connectivity index (χ0v) is 24.3. The Morgan fingerprint density at radius 3 is 2.29 bits per heavy atom. The SMILES string of the molecule is COc1ccc(S(=O)(=O)CC2CCCC3(CCC(CCC(=O)C(C)(C)c4cccc(OC)c4)C3)CC2)cc1. The van der Waals surface area contributed by atoms with Gasteiger partial charge in [-0.25, -0.2) is 8.42 Å². The second-order valence-electron chi connectivity index (χ2n) is 12.2. The summed E-state index contributed by atoms with van der Waals surface area (Å²) < 4.78 is 36.7. The minimum absolute atomic E-state index is 0.214. The molecule has 3 unspecified atom stereocenters. The summed E-state index contributed by atoms with van der Waals surface area (Å²) in [5, 5.41) is 0. The number of Topliss-reactive ketones (excluding diaryl/α,β-unsaturated/α-hetero) is 1. The van der Waals surface area contributed by atoms with Crippen LogP contribution in [0.2, 0.25) is 0 Å². The molecule has 4 rings (SSSR count). The maximum atomic E-state index is 13.3. The molecule has 2 fully saturated rings. The van der Waals surface area contributed by atoms with Gasteiger partial charge in [-0.05, 0) is 124 Å². The molecule has 38 heavy (non-hydrogen) atoms. The lowest BCUT2D eigenvalue weighted by Gasteiger charge is -2.28. The van der Waals surface area contributed by atoms with E-state index in [9.17, 15) is 13.2 Å². The van der Waals surface area contributed by atoms with Gasteiger partial charge in [0.1, 0.15) is 17.3 Å². The third-order valence-electron chi connectivity index (χ3n) is 9.35. The van der Waals surface area contributed by atoms with Crippen LogP contribution in [0.25, 0.3) is 0 Å². The number of methoxy groups -OCH3 is 2. The minimum atomic E-state index is -3.31. The van der Waals surface area contributed by atoms with E-state index in [1.54, 1.807) is 38.5 Å². The molecule has 0 N–H and O–H groups in total. The van der Waals surface area contributed by atoms with Gasteiger partial charge in [0, 0.05) is 11.8 Å². The molecule has 0 heterocycles. The van der Waals surface area contributed by atoms with Crippen LogP contribution in [0.4, 0.5) is 0 Å². The summed E-state index contributed by atoms with van der Waals surface area (Å²) in [6.45, 7) is 4.04. The molecule has 0 saturated heterocycles. The van der Waals surface area contributed by atoms with Gasteiger partial charge in [0.05, 0.1) is 24.9 Å². The topological polar surface area (TPSA) is 69.7 Å². The lowest BCUT2D eigenvalue weighted by atomic mass is 9.76. The molecule has 0 aliphatic heterocycles. The molecule has 208 valence electrons. The molecular weight excluding hydrogens is 496 g/mol. The Morgan fingerprint density at radius 1 is 0.921 bits per heavy atom. The predicted molar refractivity (Wildman–Crippen MR) is 152 cm³/mol. The van der Waals surface area contributed by atoms with Crippen molar-refractivity contribution in [2.45, 2.75) is 88.4 Å². The van der Waals surface area contributed by atoms with E-state index in [0.717, 1.165) is 43.4 Å². The van der Waals surface area contributed by atoms with E-state index >= 15 is 0 Å². The molecule has 1 spiro atoms. The maximum absolute atomic E-state index is 13.3. The molecule has 2 aromatic rings. The molecular formula is C32H44O5S. The molecule has 2 aromatic carbocycles. The van der Waals surface area contributed by atoms with Crippen molar-refractivity contribution in [3.8, 4) is 11.5 Å². The molecule has 2 aliphatic carbocycles. The Hall–Kier alpha value is -2.34.